The molecule has 1 heterocycles. The molecule has 2 amide bonds. The van der Waals surface area contributed by atoms with E-state index < -0.39 is 5.60 Å². The first-order valence-electron chi connectivity index (χ1n) is 6.99. The van der Waals surface area contributed by atoms with E-state index in [4.69, 9.17) is 4.74 Å². The number of nitrogens with one attached hydrogen (secondary N) is 1. The van der Waals surface area contributed by atoms with E-state index >= 15 is 0 Å². The van der Waals surface area contributed by atoms with Crippen molar-refractivity contribution in [3.05, 3.63) is 0 Å². The lowest BCUT2D eigenvalue weighted by molar-refractivity contribution is -0.119. The minimum absolute atomic E-state index is 0.0361. The van der Waals surface area contributed by atoms with Crippen LogP contribution >= 0.6 is 0 Å². The summed E-state index contributed by atoms with van der Waals surface area (Å²) in [7, 11) is 0. The highest BCUT2D eigenvalue weighted by Gasteiger charge is 2.43. The summed E-state index contributed by atoms with van der Waals surface area (Å²) in [5.41, 5.74) is -0.437. The molecule has 3 atom stereocenters. The Bertz CT molecular complexity index is 361. The van der Waals surface area contributed by atoms with Crippen molar-refractivity contribution >= 4 is 12.0 Å². The van der Waals surface area contributed by atoms with Crippen LogP contribution in [0.4, 0.5) is 4.79 Å². The number of carbonyl (C=O) groups is 2. The van der Waals surface area contributed by atoms with Crippen molar-refractivity contribution in [2.75, 3.05) is 13.1 Å². The summed E-state index contributed by atoms with van der Waals surface area (Å²) < 4.78 is 5.40. The number of nitrogens with zero attached hydrogens (tertiary/aromatic N) is 1. The summed E-state index contributed by atoms with van der Waals surface area (Å²) >= 11 is 0. The maximum Gasteiger partial charge on any atom is 0.410 e. The van der Waals surface area contributed by atoms with E-state index in [9.17, 15) is 9.59 Å². The van der Waals surface area contributed by atoms with Crippen molar-refractivity contribution in [1.29, 1.82) is 0 Å². The molecular formula is C14H24N2O3. The molecule has 0 aromatic heterocycles. The third-order valence-electron chi connectivity index (χ3n) is 3.81. The van der Waals surface area contributed by atoms with Gasteiger partial charge >= 0.3 is 6.09 Å². The topological polar surface area (TPSA) is 58.6 Å². The molecule has 5 nitrogen and oxygen atoms in total. The van der Waals surface area contributed by atoms with Gasteiger partial charge in [-0.25, -0.2) is 4.79 Å². The van der Waals surface area contributed by atoms with Crippen LogP contribution in [0.5, 0.6) is 0 Å². The van der Waals surface area contributed by atoms with Crippen molar-refractivity contribution < 1.29 is 14.3 Å². The average molecular weight is 268 g/mol. The van der Waals surface area contributed by atoms with Crippen molar-refractivity contribution in [1.82, 2.24) is 10.2 Å². The van der Waals surface area contributed by atoms with Gasteiger partial charge < -0.3 is 15.0 Å². The summed E-state index contributed by atoms with van der Waals surface area (Å²) in [5, 5.41) is 2.98. The molecule has 19 heavy (non-hydrogen) atoms. The Morgan fingerprint density at radius 1 is 1.16 bits per heavy atom. The van der Waals surface area contributed by atoms with Gasteiger partial charge in [0.1, 0.15) is 5.60 Å². The van der Waals surface area contributed by atoms with Crippen molar-refractivity contribution in [2.24, 2.45) is 11.8 Å². The lowest BCUT2D eigenvalue weighted by Gasteiger charge is -2.25. The molecule has 1 aliphatic carbocycles. The number of ether oxygens (including phenoxy) is 1. The maximum atomic E-state index is 12.0. The fourth-order valence-corrected chi connectivity index (χ4v) is 3.18. The molecule has 0 spiro atoms. The number of rotatable bonds is 1. The number of likely N-dealkylation sites (tertiary alicyclic amines) is 1. The van der Waals surface area contributed by atoms with E-state index in [0.29, 0.717) is 11.8 Å². The lowest BCUT2D eigenvalue weighted by atomic mass is 10.0. The Hall–Kier alpha value is -1.26. The molecule has 5 heteroatoms. The van der Waals surface area contributed by atoms with Gasteiger partial charge in [-0.2, -0.15) is 0 Å². The zero-order chi connectivity index (χ0) is 14.2. The van der Waals surface area contributed by atoms with Crippen molar-refractivity contribution in [3.63, 3.8) is 0 Å². The van der Waals surface area contributed by atoms with Crippen molar-refractivity contribution in [3.8, 4) is 0 Å². The minimum Gasteiger partial charge on any atom is -0.444 e. The summed E-state index contributed by atoms with van der Waals surface area (Å²) in [6.45, 7) is 8.73. The summed E-state index contributed by atoms with van der Waals surface area (Å²) in [6.07, 6.45) is 1.74. The Labute approximate surface area is 114 Å². The van der Waals surface area contributed by atoms with Crippen molar-refractivity contribution in [2.45, 2.75) is 52.2 Å². The second-order valence-corrected chi connectivity index (χ2v) is 6.77. The fourth-order valence-electron chi connectivity index (χ4n) is 3.18. The number of hydrogen-bond donors (Lipinski definition) is 1. The van der Waals surface area contributed by atoms with E-state index in [-0.39, 0.29) is 18.0 Å². The Morgan fingerprint density at radius 2 is 1.68 bits per heavy atom. The van der Waals surface area contributed by atoms with E-state index in [1.165, 1.54) is 0 Å². The van der Waals surface area contributed by atoms with Gasteiger partial charge in [-0.1, -0.05) is 0 Å². The maximum absolute atomic E-state index is 12.0. The van der Waals surface area contributed by atoms with Crippen LogP contribution in [0.15, 0.2) is 0 Å². The normalized spacial score (nSPS) is 30.1. The molecule has 0 unspecified atom stereocenters. The first-order chi connectivity index (χ1) is 8.74. The Balaban J connectivity index is 1.84. The van der Waals surface area contributed by atoms with Gasteiger partial charge in [0.15, 0.2) is 0 Å². The molecule has 0 bridgehead atoms. The molecule has 1 aliphatic heterocycles. The van der Waals surface area contributed by atoms with Crippen LogP contribution in [-0.4, -0.2) is 41.6 Å². The average Bonchev–Trinajstić information content (AvgIpc) is 2.70. The van der Waals surface area contributed by atoms with Crippen LogP contribution in [0.3, 0.4) is 0 Å². The largest absolute Gasteiger partial charge is 0.444 e. The smallest absolute Gasteiger partial charge is 0.410 e. The van der Waals surface area contributed by atoms with Gasteiger partial charge in [0.25, 0.3) is 0 Å². The summed E-state index contributed by atoms with van der Waals surface area (Å²) in [6, 6.07) is 0.285. The van der Waals surface area contributed by atoms with E-state index in [1.807, 2.05) is 25.7 Å². The van der Waals surface area contributed by atoms with Crippen LogP contribution in [0, 0.1) is 11.8 Å². The minimum atomic E-state index is -0.437. The molecule has 2 aliphatic rings. The molecule has 0 aromatic carbocycles. The molecule has 1 N–H and O–H groups in total. The molecule has 0 aromatic rings. The Kier molecular flexibility index (Phi) is 3.74. The van der Waals surface area contributed by atoms with Gasteiger partial charge in [-0.05, 0) is 45.4 Å². The number of carbonyl (C=O) groups excluding carboxylic acids is 2. The fraction of sp³-hybridized carbons (Fsp3) is 0.857. The van der Waals surface area contributed by atoms with Crippen LogP contribution in [-0.2, 0) is 9.53 Å². The Morgan fingerprint density at radius 3 is 2.11 bits per heavy atom. The molecule has 2 fully saturated rings. The third-order valence-corrected chi connectivity index (χ3v) is 3.81. The van der Waals surface area contributed by atoms with Gasteiger partial charge in [-0.15, -0.1) is 0 Å². The molecule has 0 radical (unpaired) electrons. The second kappa shape index (κ2) is 5.02. The highest BCUT2D eigenvalue weighted by molar-refractivity contribution is 5.73. The molecule has 2 rings (SSSR count). The van der Waals surface area contributed by atoms with Gasteiger partial charge in [-0.3, -0.25) is 4.79 Å². The number of hydrogen-bond acceptors (Lipinski definition) is 3. The van der Waals surface area contributed by atoms with Crippen LogP contribution < -0.4 is 5.32 Å². The molecular weight excluding hydrogens is 244 g/mol. The van der Waals surface area contributed by atoms with Gasteiger partial charge in [0, 0.05) is 26.1 Å². The molecule has 108 valence electrons. The first kappa shape index (κ1) is 14.2. The highest BCUT2D eigenvalue weighted by atomic mass is 16.6. The zero-order valence-corrected chi connectivity index (χ0v) is 12.2. The SMILES string of the molecule is CC(=O)N[C@@H]1C[C@@H]2CN(C(=O)OC(C)(C)C)C[C@@H]2C1. The van der Waals surface area contributed by atoms with Gasteiger partial charge in [0.05, 0.1) is 0 Å². The van der Waals surface area contributed by atoms with Gasteiger partial charge in [0.2, 0.25) is 5.91 Å². The van der Waals surface area contributed by atoms with Crippen LogP contribution in [0.2, 0.25) is 0 Å². The first-order valence-corrected chi connectivity index (χ1v) is 6.99. The van der Waals surface area contributed by atoms with E-state index in [2.05, 4.69) is 5.32 Å². The third kappa shape index (κ3) is 3.61. The standard InChI is InChI=1S/C14H24N2O3/c1-9(17)15-12-5-10-7-16(8-11(10)6-12)13(18)19-14(2,3)4/h10-12H,5-8H2,1-4H3,(H,15,17)/t10-,11+,12-. The van der Waals surface area contributed by atoms with Crippen LogP contribution in [0.25, 0.3) is 0 Å². The number of amides is 2. The van der Waals surface area contributed by atoms with Crippen LogP contribution in [0.1, 0.15) is 40.5 Å². The molecule has 1 saturated carbocycles. The quantitative estimate of drug-likeness (QED) is 0.788. The summed E-state index contributed by atoms with van der Waals surface area (Å²) in [4.78, 5) is 24.8. The lowest BCUT2D eigenvalue weighted by Crippen LogP contribution is -2.37. The monoisotopic (exact) mass is 268 g/mol. The van der Waals surface area contributed by atoms with E-state index in [0.717, 1.165) is 25.9 Å². The summed E-state index contributed by atoms with van der Waals surface area (Å²) in [5.74, 6) is 1.04. The predicted molar refractivity (Wildman–Crippen MR) is 71.6 cm³/mol. The zero-order valence-electron chi connectivity index (χ0n) is 12.2. The highest BCUT2D eigenvalue weighted by Crippen LogP contribution is 2.38. The second-order valence-electron chi connectivity index (χ2n) is 6.77. The number of fused-ring (bicyclic) bond motifs is 1. The molecule has 1 saturated heterocycles. The predicted octanol–water partition coefficient (Wildman–Crippen LogP) is 1.77. The van der Waals surface area contributed by atoms with E-state index in [1.54, 1.807) is 6.92 Å².